The fraction of sp³-hybridized carbons (Fsp3) is 0.286. The molecule has 1 aromatic carbocycles. The molecule has 20 heavy (non-hydrogen) atoms. The lowest BCUT2D eigenvalue weighted by atomic mass is 10.1. The van der Waals surface area contributed by atoms with E-state index in [4.69, 9.17) is 13.9 Å². The van der Waals surface area contributed by atoms with E-state index in [1.54, 1.807) is 6.92 Å². The van der Waals surface area contributed by atoms with Gasteiger partial charge in [0.25, 0.3) is 0 Å². The number of aryl methyl sites for hydroxylation is 2. The number of benzene rings is 1. The number of furan rings is 1. The maximum Gasteiger partial charge on any atom is 0.339 e. The quantitative estimate of drug-likeness (QED) is 0.686. The molecule has 0 aliphatic carbocycles. The lowest BCUT2D eigenvalue weighted by Gasteiger charge is -2.09. The zero-order chi connectivity index (χ0) is 15.0. The summed E-state index contributed by atoms with van der Waals surface area (Å²) in [5.74, 6) is -0.979. The minimum atomic E-state index is -1.23. The van der Waals surface area contributed by atoms with E-state index >= 15 is 0 Å². The number of aromatic carboxylic acids is 1. The first-order valence-corrected chi connectivity index (χ1v) is 5.89. The van der Waals surface area contributed by atoms with Gasteiger partial charge in [0.2, 0.25) is 0 Å². The van der Waals surface area contributed by atoms with Crippen LogP contribution in [0.15, 0.2) is 10.5 Å². The van der Waals surface area contributed by atoms with E-state index in [1.165, 1.54) is 20.1 Å². The highest BCUT2D eigenvalue weighted by atomic mass is 16.5. The van der Waals surface area contributed by atoms with Crippen molar-refractivity contribution in [3.8, 4) is 11.5 Å². The predicted molar refractivity (Wildman–Crippen MR) is 70.5 cm³/mol. The van der Waals surface area contributed by atoms with E-state index < -0.39 is 11.9 Å². The Morgan fingerprint density at radius 1 is 1.30 bits per heavy atom. The van der Waals surface area contributed by atoms with Crippen LogP contribution in [0.3, 0.4) is 0 Å². The van der Waals surface area contributed by atoms with Crippen LogP contribution in [0.2, 0.25) is 0 Å². The van der Waals surface area contributed by atoms with Crippen molar-refractivity contribution in [2.45, 2.75) is 20.8 Å². The molecule has 1 heterocycles. The molecule has 2 rings (SSSR count). The normalized spacial score (nSPS) is 10.6. The van der Waals surface area contributed by atoms with Gasteiger partial charge in [0.05, 0.1) is 12.5 Å². The Bertz CT molecular complexity index is 710. The Labute approximate surface area is 114 Å². The topological polar surface area (TPSA) is 86.0 Å². The predicted octanol–water partition coefficient (Wildman–Crippen LogP) is 2.68. The van der Waals surface area contributed by atoms with Gasteiger partial charge in [0.15, 0.2) is 11.3 Å². The van der Waals surface area contributed by atoms with Crippen molar-refractivity contribution >= 4 is 22.9 Å². The highest BCUT2D eigenvalue weighted by Gasteiger charge is 2.25. The molecule has 0 bridgehead atoms. The molecule has 0 spiro atoms. The van der Waals surface area contributed by atoms with Gasteiger partial charge in [0, 0.05) is 12.5 Å². The van der Waals surface area contributed by atoms with Gasteiger partial charge < -0.3 is 19.0 Å². The van der Waals surface area contributed by atoms with E-state index in [1.807, 2.05) is 6.92 Å². The van der Waals surface area contributed by atoms with E-state index in [0.29, 0.717) is 16.9 Å². The molecular weight excluding hydrogens is 264 g/mol. The number of esters is 1. The number of methoxy groups -OCH3 is 1. The number of fused-ring (bicyclic) bond motifs is 1. The molecule has 2 aromatic rings. The van der Waals surface area contributed by atoms with Crippen molar-refractivity contribution in [1.82, 2.24) is 0 Å². The summed E-state index contributed by atoms with van der Waals surface area (Å²) < 4.78 is 15.8. The van der Waals surface area contributed by atoms with Gasteiger partial charge >= 0.3 is 11.9 Å². The molecule has 0 radical (unpaired) electrons. The van der Waals surface area contributed by atoms with Crippen LogP contribution < -0.4 is 9.47 Å². The van der Waals surface area contributed by atoms with E-state index in [-0.39, 0.29) is 16.9 Å². The number of carboxylic acid groups (broad SMARTS) is 1. The lowest BCUT2D eigenvalue weighted by Crippen LogP contribution is -2.08. The molecule has 0 aliphatic rings. The standard InChI is InChI=1S/C14H14O6/c1-6-7(2)19-13-11(6)10(18-4)5-9(14(16)17)12(13)20-8(3)15/h5H,1-4H3,(H,16,17). The fourth-order valence-electron chi connectivity index (χ4n) is 2.04. The Hall–Kier alpha value is -2.50. The van der Waals surface area contributed by atoms with E-state index in [2.05, 4.69) is 0 Å². The van der Waals surface area contributed by atoms with Gasteiger partial charge in [-0.1, -0.05) is 0 Å². The monoisotopic (exact) mass is 278 g/mol. The summed E-state index contributed by atoms with van der Waals surface area (Å²) in [5.41, 5.74) is 0.826. The maximum atomic E-state index is 11.3. The maximum absolute atomic E-state index is 11.3. The summed E-state index contributed by atoms with van der Waals surface area (Å²) in [6.45, 7) is 4.76. The Morgan fingerprint density at radius 3 is 2.45 bits per heavy atom. The highest BCUT2D eigenvalue weighted by molar-refractivity contribution is 6.03. The van der Waals surface area contributed by atoms with E-state index in [9.17, 15) is 14.7 Å². The van der Waals surface area contributed by atoms with Gasteiger partial charge in [-0.3, -0.25) is 4.79 Å². The number of carbonyl (C=O) groups is 2. The van der Waals surface area contributed by atoms with Crippen molar-refractivity contribution in [3.63, 3.8) is 0 Å². The van der Waals surface area contributed by atoms with Crippen LogP contribution in [0.1, 0.15) is 28.6 Å². The highest BCUT2D eigenvalue weighted by Crippen LogP contribution is 2.41. The molecule has 106 valence electrons. The van der Waals surface area contributed by atoms with Gasteiger partial charge in [-0.2, -0.15) is 0 Å². The van der Waals surface area contributed by atoms with Gasteiger partial charge in [-0.25, -0.2) is 4.79 Å². The largest absolute Gasteiger partial charge is 0.496 e. The molecule has 0 fully saturated rings. The third-order valence-corrected chi connectivity index (χ3v) is 3.05. The number of hydrogen-bond acceptors (Lipinski definition) is 5. The summed E-state index contributed by atoms with van der Waals surface area (Å²) in [6.07, 6.45) is 0. The van der Waals surface area contributed by atoms with Crippen LogP contribution in [-0.2, 0) is 4.79 Å². The Morgan fingerprint density at radius 2 is 1.95 bits per heavy atom. The number of carboxylic acids is 1. The van der Waals surface area contributed by atoms with Crippen molar-refractivity contribution in [1.29, 1.82) is 0 Å². The van der Waals surface area contributed by atoms with Crippen LogP contribution in [0.4, 0.5) is 0 Å². The van der Waals surface area contributed by atoms with Crippen LogP contribution in [0.5, 0.6) is 11.5 Å². The second-order valence-corrected chi connectivity index (χ2v) is 4.34. The summed E-state index contributed by atoms with van der Waals surface area (Å²) in [4.78, 5) is 22.5. The second-order valence-electron chi connectivity index (χ2n) is 4.34. The minimum absolute atomic E-state index is 0.1000. The number of rotatable bonds is 3. The van der Waals surface area contributed by atoms with Crippen molar-refractivity contribution < 1.29 is 28.6 Å². The molecule has 0 aliphatic heterocycles. The number of carbonyl (C=O) groups excluding carboxylic acids is 1. The Balaban J connectivity index is 2.91. The number of hydrogen-bond donors (Lipinski definition) is 1. The second kappa shape index (κ2) is 4.88. The molecule has 0 saturated heterocycles. The summed E-state index contributed by atoms with van der Waals surface area (Å²) >= 11 is 0. The van der Waals surface area contributed by atoms with Crippen LogP contribution in [-0.4, -0.2) is 24.2 Å². The minimum Gasteiger partial charge on any atom is -0.496 e. The van der Waals surface area contributed by atoms with Crippen molar-refractivity contribution in [2.75, 3.05) is 7.11 Å². The molecule has 6 heteroatoms. The summed E-state index contributed by atoms with van der Waals surface area (Å²) in [6, 6.07) is 1.32. The van der Waals surface area contributed by atoms with Gasteiger partial charge in [-0.05, 0) is 19.9 Å². The zero-order valence-electron chi connectivity index (χ0n) is 11.6. The van der Waals surface area contributed by atoms with Crippen LogP contribution >= 0.6 is 0 Å². The third kappa shape index (κ3) is 2.09. The first-order valence-electron chi connectivity index (χ1n) is 5.89. The molecule has 1 aromatic heterocycles. The average Bonchev–Trinajstić information content (AvgIpc) is 2.66. The molecule has 0 saturated carbocycles. The molecule has 0 amide bonds. The Kier molecular flexibility index (Phi) is 3.40. The summed E-state index contributed by atoms with van der Waals surface area (Å²) in [7, 11) is 1.44. The third-order valence-electron chi connectivity index (χ3n) is 3.05. The molecule has 0 atom stereocenters. The SMILES string of the molecule is COc1cc(C(=O)O)c(OC(C)=O)c2oc(C)c(C)c12. The molecule has 6 nitrogen and oxygen atoms in total. The average molecular weight is 278 g/mol. The van der Waals surface area contributed by atoms with Crippen LogP contribution in [0, 0.1) is 13.8 Å². The lowest BCUT2D eigenvalue weighted by molar-refractivity contribution is -0.131. The zero-order valence-corrected chi connectivity index (χ0v) is 11.6. The number of ether oxygens (including phenoxy) is 2. The van der Waals surface area contributed by atoms with E-state index in [0.717, 1.165) is 5.56 Å². The first-order chi connectivity index (χ1) is 9.36. The smallest absolute Gasteiger partial charge is 0.339 e. The van der Waals surface area contributed by atoms with Crippen LogP contribution in [0.25, 0.3) is 11.0 Å². The molecule has 0 unspecified atom stereocenters. The van der Waals surface area contributed by atoms with Gasteiger partial charge in [0.1, 0.15) is 17.1 Å². The fourth-order valence-corrected chi connectivity index (χ4v) is 2.04. The summed E-state index contributed by atoms with van der Waals surface area (Å²) in [5, 5.41) is 9.85. The molecule has 1 N–H and O–H groups in total. The first kappa shape index (κ1) is 13.9. The van der Waals surface area contributed by atoms with Gasteiger partial charge in [-0.15, -0.1) is 0 Å². The van der Waals surface area contributed by atoms with Crippen molar-refractivity contribution in [3.05, 3.63) is 23.0 Å². The van der Waals surface area contributed by atoms with Crippen molar-refractivity contribution in [2.24, 2.45) is 0 Å². The molecular formula is C14H14O6.